The molecule has 0 saturated heterocycles. The molecule has 23 heavy (non-hydrogen) atoms. The minimum atomic E-state index is -0.766. The summed E-state index contributed by atoms with van der Waals surface area (Å²) in [4.78, 5) is 35.0. The number of hydrazine groups is 1. The third-order valence-electron chi connectivity index (χ3n) is 3.68. The SMILES string of the molecule is O=C1CC(NNc2ccccc2[N+](=O)[O-])C(=O)c2ccccc21. The van der Waals surface area contributed by atoms with E-state index in [1.54, 1.807) is 36.4 Å². The monoisotopic (exact) mass is 311 g/mol. The van der Waals surface area contributed by atoms with Gasteiger partial charge in [0.1, 0.15) is 5.69 Å². The van der Waals surface area contributed by atoms with Crippen molar-refractivity contribution in [3.63, 3.8) is 0 Å². The number of anilines is 1. The Hall–Kier alpha value is -3.06. The quantitative estimate of drug-likeness (QED) is 0.664. The molecule has 3 rings (SSSR count). The van der Waals surface area contributed by atoms with Crippen LogP contribution in [-0.4, -0.2) is 22.5 Å². The highest BCUT2D eigenvalue weighted by Gasteiger charge is 2.32. The van der Waals surface area contributed by atoms with Gasteiger partial charge in [0.05, 0.1) is 11.0 Å². The molecule has 0 fully saturated rings. The highest BCUT2D eigenvalue weighted by atomic mass is 16.6. The van der Waals surface area contributed by atoms with E-state index in [0.717, 1.165) is 0 Å². The first-order valence-corrected chi connectivity index (χ1v) is 6.99. The number of carbonyl (C=O) groups is 2. The highest BCUT2D eigenvalue weighted by molar-refractivity contribution is 6.16. The number of nitrogens with zero attached hydrogens (tertiary/aromatic N) is 1. The van der Waals surface area contributed by atoms with Crippen LogP contribution in [0.1, 0.15) is 27.1 Å². The molecule has 1 atom stereocenters. The fourth-order valence-electron chi connectivity index (χ4n) is 2.54. The summed E-state index contributed by atoms with van der Waals surface area (Å²) in [5.74, 6) is -0.353. The van der Waals surface area contributed by atoms with Gasteiger partial charge >= 0.3 is 0 Å². The first kappa shape index (κ1) is 14.9. The van der Waals surface area contributed by atoms with Gasteiger partial charge in [0.2, 0.25) is 0 Å². The lowest BCUT2D eigenvalue weighted by Crippen LogP contribution is -2.45. The largest absolute Gasteiger partial charge is 0.315 e. The second-order valence-corrected chi connectivity index (χ2v) is 5.13. The number of fused-ring (bicyclic) bond motifs is 1. The number of nitro benzene ring substituents is 1. The van der Waals surface area contributed by atoms with Crippen LogP contribution in [0.4, 0.5) is 11.4 Å². The minimum absolute atomic E-state index is 0.00345. The molecule has 0 aromatic heterocycles. The normalized spacial score (nSPS) is 16.8. The molecule has 0 heterocycles. The van der Waals surface area contributed by atoms with Crippen molar-refractivity contribution >= 4 is 22.9 Å². The molecule has 1 aliphatic rings. The summed E-state index contributed by atoms with van der Waals surface area (Å²) in [5, 5.41) is 11.0. The third-order valence-corrected chi connectivity index (χ3v) is 3.68. The van der Waals surface area contributed by atoms with Crippen molar-refractivity contribution in [3.8, 4) is 0 Å². The summed E-state index contributed by atoms with van der Waals surface area (Å²) in [5.41, 5.74) is 6.31. The number of hydrogen-bond acceptors (Lipinski definition) is 6. The van der Waals surface area contributed by atoms with Gasteiger partial charge in [-0.25, -0.2) is 5.43 Å². The molecule has 2 aromatic rings. The van der Waals surface area contributed by atoms with Crippen LogP contribution in [0.25, 0.3) is 0 Å². The lowest BCUT2D eigenvalue weighted by molar-refractivity contribution is -0.384. The molecule has 0 bridgehead atoms. The van der Waals surface area contributed by atoms with Crippen LogP contribution in [0.5, 0.6) is 0 Å². The van der Waals surface area contributed by atoms with Crippen molar-refractivity contribution in [1.82, 2.24) is 5.43 Å². The molecular formula is C16H13N3O4. The van der Waals surface area contributed by atoms with E-state index in [2.05, 4.69) is 10.9 Å². The van der Waals surface area contributed by atoms with Gasteiger partial charge in [0.25, 0.3) is 5.69 Å². The van der Waals surface area contributed by atoms with Crippen LogP contribution in [-0.2, 0) is 0 Å². The van der Waals surface area contributed by atoms with Crippen LogP contribution in [0.3, 0.4) is 0 Å². The molecule has 0 spiro atoms. The van der Waals surface area contributed by atoms with Gasteiger partial charge in [0.15, 0.2) is 11.6 Å². The Morgan fingerprint density at radius 2 is 1.65 bits per heavy atom. The van der Waals surface area contributed by atoms with Crippen LogP contribution in [0.15, 0.2) is 48.5 Å². The molecule has 1 unspecified atom stereocenters. The average molecular weight is 311 g/mol. The zero-order valence-electron chi connectivity index (χ0n) is 12.0. The van der Waals surface area contributed by atoms with E-state index in [9.17, 15) is 19.7 Å². The van der Waals surface area contributed by atoms with Crippen molar-refractivity contribution < 1.29 is 14.5 Å². The minimum Gasteiger partial charge on any atom is -0.315 e. The Morgan fingerprint density at radius 3 is 2.39 bits per heavy atom. The Labute approximate surface area is 131 Å². The van der Waals surface area contributed by atoms with Crippen LogP contribution >= 0.6 is 0 Å². The first-order chi connectivity index (χ1) is 11.1. The summed E-state index contributed by atoms with van der Waals surface area (Å²) in [6.07, 6.45) is 0.00345. The maximum absolute atomic E-state index is 12.4. The second kappa shape index (κ2) is 5.98. The fraction of sp³-hybridized carbons (Fsp3) is 0.125. The summed E-state index contributed by atoms with van der Waals surface area (Å²) < 4.78 is 0. The summed E-state index contributed by atoms with van der Waals surface area (Å²) in [6, 6.07) is 11.9. The van der Waals surface area contributed by atoms with Crippen molar-refractivity contribution in [2.75, 3.05) is 5.43 Å². The summed E-state index contributed by atoms with van der Waals surface area (Å²) in [7, 11) is 0. The molecule has 7 heteroatoms. The third kappa shape index (κ3) is 2.82. The van der Waals surface area contributed by atoms with E-state index in [1.807, 2.05) is 0 Å². The van der Waals surface area contributed by atoms with Gasteiger partial charge < -0.3 is 5.43 Å². The number of ketones is 2. The zero-order valence-corrected chi connectivity index (χ0v) is 12.0. The Morgan fingerprint density at radius 1 is 1.00 bits per heavy atom. The van der Waals surface area contributed by atoms with E-state index in [4.69, 9.17) is 0 Å². The highest BCUT2D eigenvalue weighted by Crippen LogP contribution is 2.24. The molecule has 1 aliphatic carbocycles. The van der Waals surface area contributed by atoms with E-state index < -0.39 is 11.0 Å². The standard InChI is InChI=1S/C16H13N3O4/c20-15-9-13(16(21)11-6-2-1-5-10(11)15)18-17-12-7-3-4-8-14(12)19(22)23/h1-8,13,17-18H,9H2. The van der Waals surface area contributed by atoms with Gasteiger partial charge in [0, 0.05) is 23.6 Å². The summed E-state index contributed by atoms with van der Waals surface area (Å²) >= 11 is 0. The van der Waals surface area contributed by atoms with Crippen molar-refractivity contribution in [2.45, 2.75) is 12.5 Å². The smallest absolute Gasteiger partial charge is 0.293 e. The van der Waals surface area contributed by atoms with Crippen molar-refractivity contribution in [1.29, 1.82) is 0 Å². The Balaban J connectivity index is 1.79. The molecule has 2 N–H and O–H groups in total. The molecule has 2 aromatic carbocycles. The van der Waals surface area contributed by atoms with Crippen LogP contribution in [0.2, 0.25) is 0 Å². The molecule has 0 amide bonds. The zero-order chi connectivity index (χ0) is 16.4. The van der Waals surface area contributed by atoms with E-state index >= 15 is 0 Å². The van der Waals surface area contributed by atoms with Gasteiger partial charge in [-0.05, 0) is 6.07 Å². The molecule has 0 saturated carbocycles. The van der Waals surface area contributed by atoms with Gasteiger partial charge in [-0.1, -0.05) is 36.4 Å². The molecule has 116 valence electrons. The lowest BCUT2D eigenvalue weighted by Gasteiger charge is -2.23. The first-order valence-electron chi connectivity index (χ1n) is 6.99. The Bertz CT molecular complexity index is 803. The molecule has 0 radical (unpaired) electrons. The van der Waals surface area contributed by atoms with Gasteiger partial charge in [-0.3, -0.25) is 19.7 Å². The van der Waals surface area contributed by atoms with Gasteiger partial charge in [-0.15, -0.1) is 0 Å². The topological polar surface area (TPSA) is 101 Å². The Kier molecular flexibility index (Phi) is 3.86. The van der Waals surface area contributed by atoms with Crippen LogP contribution in [0, 0.1) is 10.1 Å². The number of hydrogen-bond donors (Lipinski definition) is 2. The number of Topliss-reactive ketones (excluding diaryl/α,β-unsaturated/α-hetero) is 2. The number of para-hydroxylation sites is 2. The number of carbonyl (C=O) groups excluding carboxylic acids is 2. The van der Waals surface area contributed by atoms with Gasteiger partial charge in [-0.2, -0.15) is 0 Å². The maximum atomic E-state index is 12.4. The number of rotatable bonds is 4. The number of benzene rings is 2. The van der Waals surface area contributed by atoms with E-state index in [1.165, 1.54) is 12.1 Å². The molecular weight excluding hydrogens is 298 g/mol. The predicted molar refractivity (Wildman–Crippen MR) is 83.4 cm³/mol. The van der Waals surface area contributed by atoms with Crippen molar-refractivity contribution in [3.05, 3.63) is 69.8 Å². The van der Waals surface area contributed by atoms with Crippen LogP contribution < -0.4 is 10.9 Å². The fourth-order valence-corrected chi connectivity index (χ4v) is 2.54. The van der Waals surface area contributed by atoms with Crippen molar-refractivity contribution in [2.24, 2.45) is 0 Å². The number of nitro groups is 1. The number of nitrogens with one attached hydrogen (secondary N) is 2. The summed E-state index contributed by atoms with van der Waals surface area (Å²) in [6.45, 7) is 0. The lowest BCUT2D eigenvalue weighted by atomic mass is 9.86. The maximum Gasteiger partial charge on any atom is 0.293 e. The van der Waals surface area contributed by atoms with E-state index in [0.29, 0.717) is 11.1 Å². The molecule has 0 aliphatic heterocycles. The average Bonchev–Trinajstić information content (AvgIpc) is 2.57. The van der Waals surface area contributed by atoms with E-state index in [-0.39, 0.29) is 29.4 Å². The predicted octanol–water partition coefficient (Wildman–Crippen LogP) is 2.35. The molecule has 7 nitrogen and oxygen atoms in total. The second-order valence-electron chi connectivity index (χ2n) is 5.13.